The Morgan fingerprint density at radius 2 is 1.36 bits per heavy atom. The van der Waals surface area contributed by atoms with E-state index in [0.717, 1.165) is 0 Å². The minimum atomic E-state index is 1.23. The van der Waals surface area contributed by atoms with E-state index in [2.05, 4.69) is 92.5 Å². The van der Waals surface area contributed by atoms with Gasteiger partial charge in [-0.2, -0.15) is 4.57 Å². The first-order chi connectivity index (χ1) is 10.5. The first kappa shape index (κ1) is 14.6. The molecule has 0 bridgehead atoms. The van der Waals surface area contributed by atoms with E-state index in [4.69, 9.17) is 0 Å². The Morgan fingerprint density at radius 1 is 0.773 bits per heavy atom. The second kappa shape index (κ2) is 5.45. The van der Waals surface area contributed by atoms with Crippen LogP contribution in [0, 0.1) is 27.7 Å². The molecule has 0 radical (unpaired) electrons. The number of nitrogens with zero attached hydrogens (tertiary/aromatic N) is 2. The van der Waals surface area contributed by atoms with Crippen LogP contribution in [0.1, 0.15) is 22.5 Å². The molecule has 2 nitrogen and oxygen atoms in total. The Bertz CT molecular complexity index is 821. The van der Waals surface area contributed by atoms with Gasteiger partial charge in [0.2, 0.25) is 0 Å². The monoisotopic (exact) mass is 291 g/mol. The van der Waals surface area contributed by atoms with Crippen molar-refractivity contribution in [2.24, 2.45) is 7.05 Å². The summed E-state index contributed by atoms with van der Waals surface area (Å²) in [5.41, 5.74) is 7.73. The normalized spacial score (nSPS) is 11.0. The number of rotatable bonds is 2. The minimum absolute atomic E-state index is 1.23. The molecule has 0 aliphatic carbocycles. The molecular formula is C20H23N2+. The van der Waals surface area contributed by atoms with E-state index in [9.17, 15) is 0 Å². The van der Waals surface area contributed by atoms with Gasteiger partial charge in [-0.05, 0) is 37.5 Å². The third-order valence-corrected chi connectivity index (χ3v) is 4.55. The van der Waals surface area contributed by atoms with Crippen LogP contribution < -0.4 is 4.57 Å². The summed E-state index contributed by atoms with van der Waals surface area (Å²) in [5, 5.41) is 0. The maximum absolute atomic E-state index is 2.31. The lowest BCUT2D eigenvalue weighted by atomic mass is 10.1. The Hall–Kier alpha value is -2.35. The van der Waals surface area contributed by atoms with Crippen LogP contribution in [0.2, 0.25) is 0 Å². The van der Waals surface area contributed by atoms with Crippen LogP contribution >= 0.6 is 0 Å². The smallest absolute Gasteiger partial charge is 0.230 e. The molecule has 3 rings (SSSR count). The number of hydrogen-bond donors (Lipinski definition) is 0. The van der Waals surface area contributed by atoms with Crippen LogP contribution in [0.15, 0.2) is 48.7 Å². The third-order valence-electron chi connectivity index (χ3n) is 4.55. The van der Waals surface area contributed by atoms with Gasteiger partial charge in [-0.1, -0.05) is 42.5 Å². The molecule has 0 fully saturated rings. The van der Waals surface area contributed by atoms with Gasteiger partial charge in [0.05, 0.1) is 7.05 Å². The Balaban J connectivity index is 2.25. The maximum atomic E-state index is 2.31. The van der Waals surface area contributed by atoms with Crippen molar-refractivity contribution in [1.82, 2.24) is 4.57 Å². The van der Waals surface area contributed by atoms with Crippen molar-refractivity contribution < 1.29 is 4.57 Å². The molecule has 0 aliphatic rings. The van der Waals surface area contributed by atoms with Gasteiger partial charge in [0.1, 0.15) is 11.9 Å². The van der Waals surface area contributed by atoms with Gasteiger partial charge in [-0.3, -0.25) is 0 Å². The summed E-state index contributed by atoms with van der Waals surface area (Å²) in [6, 6.07) is 15.0. The highest BCUT2D eigenvalue weighted by Gasteiger charge is 2.22. The number of hydrogen-bond acceptors (Lipinski definition) is 0. The highest BCUT2D eigenvalue weighted by molar-refractivity contribution is 5.63. The molecule has 0 amide bonds. The molecule has 0 atom stereocenters. The highest BCUT2D eigenvalue weighted by atomic mass is 15.2. The van der Waals surface area contributed by atoms with Crippen LogP contribution in [-0.4, -0.2) is 4.57 Å². The van der Waals surface area contributed by atoms with Gasteiger partial charge in [-0.25, -0.2) is 4.57 Å². The number of imidazole rings is 1. The predicted octanol–water partition coefficient (Wildman–Crippen LogP) is 4.20. The molecule has 2 heteroatoms. The second-order valence-corrected chi connectivity index (χ2v) is 6.05. The Kier molecular flexibility index (Phi) is 3.61. The van der Waals surface area contributed by atoms with Crippen molar-refractivity contribution in [1.29, 1.82) is 0 Å². The number of aromatic nitrogens is 2. The molecule has 0 spiro atoms. The lowest BCUT2D eigenvalue weighted by molar-refractivity contribution is -0.602. The lowest BCUT2D eigenvalue weighted by Gasteiger charge is -2.06. The summed E-state index contributed by atoms with van der Waals surface area (Å²) < 4.78 is 4.58. The fourth-order valence-corrected chi connectivity index (χ4v) is 3.16. The first-order valence-corrected chi connectivity index (χ1v) is 7.71. The number of aryl methyl sites for hydroxylation is 3. The van der Waals surface area contributed by atoms with Gasteiger partial charge in [0.15, 0.2) is 5.69 Å². The largest absolute Gasteiger partial charge is 0.258 e. The molecule has 1 heterocycles. The summed E-state index contributed by atoms with van der Waals surface area (Å²) in [6.45, 7) is 8.69. The molecular weight excluding hydrogens is 268 g/mol. The van der Waals surface area contributed by atoms with Crippen molar-refractivity contribution >= 4 is 0 Å². The van der Waals surface area contributed by atoms with E-state index in [1.807, 2.05) is 0 Å². The molecule has 0 N–H and O–H groups in total. The van der Waals surface area contributed by atoms with E-state index in [0.29, 0.717) is 0 Å². The predicted molar refractivity (Wildman–Crippen MR) is 91.3 cm³/mol. The van der Waals surface area contributed by atoms with Gasteiger partial charge in [0.25, 0.3) is 5.82 Å². The highest BCUT2D eigenvalue weighted by Crippen LogP contribution is 2.24. The lowest BCUT2D eigenvalue weighted by Crippen LogP contribution is -2.34. The fourth-order valence-electron chi connectivity index (χ4n) is 3.16. The van der Waals surface area contributed by atoms with Crippen LogP contribution in [-0.2, 0) is 7.05 Å². The average molecular weight is 291 g/mol. The Labute approximate surface area is 132 Å². The zero-order valence-electron chi connectivity index (χ0n) is 14.0. The zero-order valence-corrected chi connectivity index (χ0v) is 14.0. The summed E-state index contributed by atoms with van der Waals surface area (Å²) in [7, 11) is 2.14. The van der Waals surface area contributed by atoms with Crippen molar-refractivity contribution in [3.63, 3.8) is 0 Å². The Morgan fingerprint density at radius 3 is 2.00 bits per heavy atom. The SMILES string of the molecule is Cc1ccccc1-c1c[n+](-c2c(C)cccc2C)c(C)n1C. The molecule has 22 heavy (non-hydrogen) atoms. The maximum Gasteiger partial charge on any atom is 0.258 e. The number of benzene rings is 2. The van der Waals surface area contributed by atoms with Crippen LogP contribution in [0.4, 0.5) is 0 Å². The van der Waals surface area contributed by atoms with Crippen molar-refractivity contribution in [2.75, 3.05) is 0 Å². The summed E-state index contributed by atoms with van der Waals surface area (Å²) >= 11 is 0. The molecule has 0 unspecified atom stereocenters. The fraction of sp³-hybridized carbons (Fsp3) is 0.250. The van der Waals surface area contributed by atoms with Crippen molar-refractivity contribution in [3.05, 3.63) is 71.2 Å². The molecule has 0 saturated heterocycles. The van der Waals surface area contributed by atoms with E-state index in [1.54, 1.807) is 0 Å². The van der Waals surface area contributed by atoms with E-state index in [-0.39, 0.29) is 0 Å². The van der Waals surface area contributed by atoms with E-state index < -0.39 is 0 Å². The molecule has 0 saturated carbocycles. The third kappa shape index (κ3) is 2.25. The molecule has 3 aromatic rings. The minimum Gasteiger partial charge on any atom is -0.230 e. The summed E-state index contributed by atoms with van der Waals surface area (Å²) in [6.07, 6.45) is 2.26. The standard InChI is InChI=1S/C20H23N2/c1-14-9-6-7-12-18(14)19-13-22(17(4)21(19)5)20-15(2)10-8-11-16(20)3/h6-13H,1-5H3/q+1. The molecule has 112 valence electrons. The van der Waals surface area contributed by atoms with Crippen LogP contribution in [0.25, 0.3) is 16.9 Å². The van der Waals surface area contributed by atoms with Gasteiger partial charge in [-0.15, -0.1) is 0 Å². The zero-order chi connectivity index (χ0) is 15.9. The first-order valence-electron chi connectivity index (χ1n) is 7.71. The van der Waals surface area contributed by atoms with E-state index in [1.165, 1.54) is 39.5 Å². The topological polar surface area (TPSA) is 8.81 Å². The van der Waals surface area contributed by atoms with Crippen LogP contribution in [0.3, 0.4) is 0 Å². The van der Waals surface area contributed by atoms with Gasteiger partial charge >= 0.3 is 0 Å². The van der Waals surface area contributed by atoms with Gasteiger partial charge < -0.3 is 0 Å². The quantitative estimate of drug-likeness (QED) is 0.626. The summed E-state index contributed by atoms with van der Waals surface area (Å²) in [4.78, 5) is 0. The summed E-state index contributed by atoms with van der Waals surface area (Å²) in [5.74, 6) is 1.23. The van der Waals surface area contributed by atoms with Gasteiger partial charge in [0, 0.05) is 12.5 Å². The van der Waals surface area contributed by atoms with Crippen molar-refractivity contribution in [3.8, 4) is 16.9 Å². The number of para-hydroxylation sites is 1. The van der Waals surface area contributed by atoms with Crippen LogP contribution in [0.5, 0.6) is 0 Å². The van der Waals surface area contributed by atoms with E-state index >= 15 is 0 Å². The molecule has 1 aromatic heterocycles. The molecule has 2 aromatic carbocycles. The second-order valence-electron chi connectivity index (χ2n) is 6.05. The van der Waals surface area contributed by atoms with Crippen molar-refractivity contribution in [2.45, 2.75) is 27.7 Å². The average Bonchev–Trinajstić information content (AvgIpc) is 2.76. The molecule has 0 aliphatic heterocycles.